The van der Waals surface area contributed by atoms with Crippen molar-refractivity contribution in [3.05, 3.63) is 66.0 Å². The van der Waals surface area contributed by atoms with Crippen molar-refractivity contribution in [1.29, 1.82) is 0 Å². The molecule has 0 unspecified atom stereocenters. The topological polar surface area (TPSA) is 56.8 Å². The van der Waals surface area contributed by atoms with Crippen molar-refractivity contribution in [2.45, 2.75) is 6.61 Å². The Morgan fingerprint density at radius 2 is 1.75 bits per heavy atom. The van der Waals surface area contributed by atoms with Crippen LogP contribution in [0.4, 0.5) is 4.39 Å². The molecule has 0 spiro atoms. The number of nitrogens with two attached hydrogens (primary N) is 1. The van der Waals surface area contributed by atoms with E-state index < -0.39 is 0 Å². The van der Waals surface area contributed by atoms with Crippen LogP contribution in [-0.4, -0.2) is 12.4 Å². The van der Waals surface area contributed by atoms with Crippen LogP contribution in [0.2, 0.25) is 0 Å². The third-order valence-electron chi connectivity index (χ3n) is 2.49. The summed E-state index contributed by atoms with van der Waals surface area (Å²) in [5.74, 6) is 0.548. The van der Waals surface area contributed by atoms with Crippen LogP contribution in [0.1, 0.15) is 5.56 Å². The second kappa shape index (κ2) is 7.13. The lowest BCUT2D eigenvalue weighted by atomic mass is 10.2. The third-order valence-corrected chi connectivity index (χ3v) is 2.49. The van der Waals surface area contributed by atoms with Gasteiger partial charge < -0.3 is 15.3 Å². The summed E-state index contributed by atoms with van der Waals surface area (Å²) < 4.78 is 18.7. The van der Waals surface area contributed by atoms with Gasteiger partial charge in [-0.1, -0.05) is 41.6 Å². The molecule has 0 aliphatic rings. The first-order valence-electron chi connectivity index (χ1n) is 6.11. The molecular weight excluding hydrogens is 259 g/mol. The van der Waals surface area contributed by atoms with Crippen LogP contribution in [0.3, 0.4) is 0 Å². The Morgan fingerprint density at radius 3 is 2.50 bits per heavy atom. The second-order valence-corrected chi connectivity index (χ2v) is 4.05. The number of hydrogen-bond donors (Lipinski definition) is 1. The molecule has 4 nitrogen and oxygen atoms in total. The van der Waals surface area contributed by atoms with Crippen LogP contribution in [0.5, 0.6) is 5.75 Å². The van der Waals surface area contributed by atoms with E-state index in [-0.39, 0.29) is 24.9 Å². The fourth-order valence-corrected chi connectivity index (χ4v) is 1.50. The summed E-state index contributed by atoms with van der Waals surface area (Å²) in [6.07, 6.45) is 0. The molecule has 0 heterocycles. The van der Waals surface area contributed by atoms with Gasteiger partial charge in [0.05, 0.1) is 0 Å². The van der Waals surface area contributed by atoms with Crippen molar-refractivity contribution in [2.24, 2.45) is 10.9 Å². The smallest absolute Gasteiger partial charge is 0.177 e. The number of para-hydroxylation sites is 1. The number of amidine groups is 1. The summed E-state index contributed by atoms with van der Waals surface area (Å²) in [7, 11) is 0. The molecule has 0 aromatic heterocycles. The highest BCUT2D eigenvalue weighted by Gasteiger charge is 2.01. The minimum atomic E-state index is -0.332. The number of rotatable bonds is 6. The number of benzene rings is 2. The Hall–Kier alpha value is -2.56. The third kappa shape index (κ3) is 4.28. The summed E-state index contributed by atoms with van der Waals surface area (Å²) in [5, 5.41) is 3.68. The van der Waals surface area contributed by atoms with Crippen LogP contribution in [0.25, 0.3) is 0 Å². The highest BCUT2D eigenvalue weighted by atomic mass is 19.1. The average Bonchev–Trinajstić information content (AvgIpc) is 2.48. The molecule has 0 radical (unpaired) electrons. The lowest BCUT2D eigenvalue weighted by molar-refractivity contribution is 0.125. The molecule has 2 rings (SSSR count). The number of oxime groups is 1. The predicted octanol–water partition coefficient (Wildman–Crippen LogP) is 2.69. The molecule has 0 aliphatic heterocycles. The Labute approximate surface area is 116 Å². The summed E-state index contributed by atoms with van der Waals surface area (Å²) in [5.41, 5.74) is 6.05. The van der Waals surface area contributed by atoms with Crippen molar-refractivity contribution in [3.8, 4) is 5.75 Å². The van der Waals surface area contributed by atoms with E-state index in [1.54, 1.807) is 18.2 Å². The monoisotopic (exact) mass is 274 g/mol. The number of ether oxygens (including phenoxy) is 1. The van der Waals surface area contributed by atoms with Gasteiger partial charge in [-0.05, 0) is 18.2 Å². The van der Waals surface area contributed by atoms with Gasteiger partial charge in [0.2, 0.25) is 0 Å². The summed E-state index contributed by atoms with van der Waals surface area (Å²) in [6.45, 7) is 0.139. The molecule has 2 aromatic rings. The molecule has 104 valence electrons. The Kier molecular flexibility index (Phi) is 4.94. The molecule has 0 fully saturated rings. The molecule has 2 N–H and O–H groups in total. The largest absolute Gasteiger partial charge is 0.486 e. The summed E-state index contributed by atoms with van der Waals surface area (Å²) in [4.78, 5) is 4.99. The summed E-state index contributed by atoms with van der Waals surface area (Å²) >= 11 is 0. The average molecular weight is 274 g/mol. The molecule has 0 bridgehead atoms. The number of nitrogens with zero attached hydrogens (tertiary/aromatic N) is 1. The lowest BCUT2D eigenvalue weighted by Gasteiger charge is -2.05. The van der Waals surface area contributed by atoms with Crippen molar-refractivity contribution in [2.75, 3.05) is 6.61 Å². The molecule has 2 aromatic carbocycles. The fourth-order valence-electron chi connectivity index (χ4n) is 1.50. The van der Waals surface area contributed by atoms with Crippen molar-refractivity contribution in [1.82, 2.24) is 0 Å². The number of hydrogen-bond acceptors (Lipinski definition) is 3. The molecule has 0 atom stereocenters. The summed E-state index contributed by atoms with van der Waals surface area (Å²) in [6, 6.07) is 15.6. The highest BCUT2D eigenvalue weighted by Crippen LogP contribution is 2.09. The predicted molar refractivity (Wildman–Crippen MR) is 74.7 cm³/mol. The van der Waals surface area contributed by atoms with Crippen LogP contribution in [-0.2, 0) is 11.4 Å². The second-order valence-electron chi connectivity index (χ2n) is 4.05. The maximum Gasteiger partial charge on any atom is 0.177 e. The SMILES string of the molecule is N/C(COc1ccccc1)=N\OCc1ccccc1F. The molecule has 5 heteroatoms. The maximum absolute atomic E-state index is 13.3. The molecule has 0 aliphatic carbocycles. The normalized spacial score (nSPS) is 11.2. The zero-order chi connectivity index (χ0) is 14.2. The van der Waals surface area contributed by atoms with E-state index in [1.165, 1.54) is 6.07 Å². The Balaban J connectivity index is 1.78. The molecule has 0 saturated heterocycles. The lowest BCUT2D eigenvalue weighted by Crippen LogP contribution is -2.21. The standard InChI is InChI=1S/C15H15FN2O2/c16-14-9-5-4-6-12(14)10-20-18-15(17)11-19-13-7-2-1-3-8-13/h1-9H,10-11H2,(H2,17,18). The van der Waals surface area contributed by atoms with E-state index in [0.717, 1.165) is 0 Å². The zero-order valence-corrected chi connectivity index (χ0v) is 10.8. The first-order chi connectivity index (χ1) is 9.75. The maximum atomic E-state index is 13.3. The van der Waals surface area contributed by atoms with Crippen molar-refractivity contribution in [3.63, 3.8) is 0 Å². The van der Waals surface area contributed by atoms with E-state index in [1.807, 2.05) is 30.3 Å². The van der Waals surface area contributed by atoms with Gasteiger partial charge in [-0.3, -0.25) is 0 Å². The molecule has 20 heavy (non-hydrogen) atoms. The number of halogens is 1. The van der Waals surface area contributed by atoms with Crippen LogP contribution >= 0.6 is 0 Å². The van der Waals surface area contributed by atoms with Crippen molar-refractivity contribution >= 4 is 5.84 Å². The minimum Gasteiger partial charge on any atom is -0.486 e. The van der Waals surface area contributed by atoms with Crippen LogP contribution in [0, 0.1) is 5.82 Å². The zero-order valence-electron chi connectivity index (χ0n) is 10.8. The van der Waals surface area contributed by atoms with Gasteiger partial charge in [-0.25, -0.2) is 4.39 Å². The first-order valence-corrected chi connectivity index (χ1v) is 6.11. The van der Waals surface area contributed by atoms with Gasteiger partial charge >= 0.3 is 0 Å². The van der Waals surface area contributed by atoms with Crippen LogP contribution < -0.4 is 10.5 Å². The molecule has 0 saturated carbocycles. The van der Waals surface area contributed by atoms with Crippen LogP contribution in [0.15, 0.2) is 59.8 Å². The Bertz CT molecular complexity index is 573. The molecular formula is C15H15FN2O2. The van der Waals surface area contributed by atoms with Gasteiger partial charge in [0, 0.05) is 5.56 Å². The van der Waals surface area contributed by atoms with Crippen molar-refractivity contribution < 1.29 is 14.0 Å². The molecule has 0 amide bonds. The van der Waals surface area contributed by atoms with Gasteiger partial charge in [0.1, 0.15) is 24.8 Å². The van der Waals surface area contributed by atoms with E-state index in [2.05, 4.69) is 5.16 Å². The fraction of sp³-hybridized carbons (Fsp3) is 0.133. The first kappa shape index (κ1) is 13.9. The van der Waals surface area contributed by atoms with Gasteiger partial charge in [-0.2, -0.15) is 0 Å². The Morgan fingerprint density at radius 1 is 1.05 bits per heavy atom. The van der Waals surface area contributed by atoms with E-state index in [4.69, 9.17) is 15.3 Å². The minimum absolute atomic E-state index is 0.0265. The van der Waals surface area contributed by atoms with Gasteiger partial charge in [0.25, 0.3) is 0 Å². The van der Waals surface area contributed by atoms with E-state index in [9.17, 15) is 4.39 Å². The van der Waals surface area contributed by atoms with E-state index >= 15 is 0 Å². The van der Waals surface area contributed by atoms with E-state index in [0.29, 0.717) is 11.3 Å². The van der Waals surface area contributed by atoms with Gasteiger partial charge in [0.15, 0.2) is 5.84 Å². The quantitative estimate of drug-likeness (QED) is 0.500. The van der Waals surface area contributed by atoms with Gasteiger partial charge in [-0.15, -0.1) is 0 Å². The highest BCUT2D eigenvalue weighted by molar-refractivity contribution is 5.81.